The Kier molecular flexibility index (Phi) is 3.84. The van der Waals surface area contributed by atoms with Crippen LogP contribution in [0.3, 0.4) is 0 Å². The first-order valence-corrected chi connectivity index (χ1v) is 7.51. The van der Waals surface area contributed by atoms with E-state index in [9.17, 15) is 0 Å². The number of likely N-dealkylation sites (N-methyl/N-ethyl adjacent to an activating group) is 1. The molecular formula is C14H18N4OS. The molecule has 0 saturated carbocycles. The molecule has 0 radical (unpaired) electrons. The second-order valence-corrected chi connectivity index (χ2v) is 5.76. The van der Waals surface area contributed by atoms with E-state index in [1.807, 2.05) is 18.3 Å². The van der Waals surface area contributed by atoms with Crippen LogP contribution in [0.2, 0.25) is 0 Å². The van der Waals surface area contributed by atoms with E-state index in [1.54, 1.807) is 6.20 Å². The third-order valence-electron chi connectivity index (χ3n) is 3.50. The van der Waals surface area contributed by atoms with Gasteiger partial charge in [0.15, 0.2) is 0 Å². The molecule has 0 amide bonds. The number of aromatic nitrogens is 2. The third kappa shape index (κ3) is 2.62. The summed E-state index contributed by atoms with van der Waals surface area (Å²) in [6.07, 6.45) is 6.17. The maximum absolute atomic E-state index is 6.03. The van der Waals surface area contributed by atoms with Crippen LogP contribution in [-0.4, -0.2) is 35.7 Å². The summed E-state index contributed by atoms with van der Waals surface area (Å²) in [5.74, 6) is 0.567. The van der Waals surface area contributed by atoms with Crippen molar-refractivity contribution in [1.82, 2.24) is 9.36 Å². The molecular weight excluding hydrogens is 272 g/mol. The molecule has 2 aromatic heterocycles. The van der Waals surface area contributed by atoms with Crippen molar-refractivity contribution in [2.45, 2.75) is 18.9 Å². The number of nitrogen functional groups attached to an aromatic ring is 1. The van der Waals surface area contributed by atoms with Crippen molar-refractivity contribution in [3.8, 4) is 11.1 Å². The van der Waals surface area contributed by atoms with Gasteiger partial charge >= 0.3 is 0 Å². The number of ether oxygens (including phenoxy) is 1. The average Bonchev–Trinajstić information content (AvgIpc) is 3.09. The predicted molar refractivity (Wildman–Crippen MR) is 82.0 cm³/mol. The normalized spacial score (nSPS) is 18.4. The zero-order chi connectivity index (χ0) is 13.9. The minimum absolute atomic E-state index is 0.310. The zero-order valence-electron chi connectivity index (χ0n) is 11.5. The molecule has 1 aliphatic rings. The molecule has 2 aromatic rings. The lowest BCUT2D eigenvalue weighted by atomic mass is 10.1. The number of rotatable bonds is 4. The van der Waals surface area contributed by atoms with Gasteiger partial charge in [-0.3, -0.25) is 4.98 Å². The van der Waals surface area contributed by atoms with E-state index in [0.29, 0.717) is 11.9 Å². The summed E-state index contributed by atoms with van der Waals surface area (Å²) in [6.45, 7) is 1.74. The van der Waals surface area contributed by atoms with E-state index in [1.165, 1.54) is 11.5 Å². The number of nitrogens with zero attached hydrogens (tertiary/aromatic N) is 3. The second-order valence-electron chi connectivity index (χ2n) is 5.01. The maximum atomic E-state index is 6.03. The highest BCUT2D eigenvalue weighted by Gasteiger charge is 2.22. The Hall–Kier alpha value is -1.66. The summed E-state index contributed by atoms with van der Waals surface area (Å²) in [7, 11) is 2.06. The van der Waals surface area contributed by atoms with Crippen LogP contribution in [0.15, 0.2) is 24.5 Å². The van der Waals surface area contributed by atoms with Gasteiger partial charge in [-0.25, -0.2) is 0 Å². The molecule has 0 aromatic carbocycles. The quantitative estimate of drug-likeness (QED) is 0.936. The van der Waals surface area contributed by atoms with Crippen LogP contribution in [0.1, 0.15) is 12.8 Å². The van der Waals surface area contributed by atoms with Crippen LogP contribution < -0.4 is 10.6 Å². The Morgan fingerprint density at radius 1 is 1.55 bits per heavy atom. The van der Waals surface area contributed by atoms with E-state index in [2.05, 4.69) is 21.3 Å². The fraction of sp³-hybridized carbons (Fsp3) is 0.429. The molecule has 1 aliphatic heterocycles. The SMILES string of the molecule is CN(CC1CCCO1)c1snc(N)c1-c1cccnc1. The Morgan fingerprint density at radius 3 is 3.15 bits per heavy atom. The van der Waals surface area contributed by atoms with Gasteiger partial charge in [0.2, 0.25) is 0 Å². The van der Waals surface area contributed by atoms with E-state index in [0.717, 1.165) is 42.1 Å². The molecule has 0 aliphatic carbocycles. The minimum Gasteiger partial charge on any atom is -0.382 e. The van der Waals surface area contributed by atoms with Gasteiger partial charge in [-0.1, -0.05) is 6.07 Å². The number of hydrogen-bond acceptors (Lipinski definition) is 6. The van der Waals surface area contributed by atoms with E-state index in [-0.39, 0.29) is 0 Å². The molecule has 20 heavy (non-hydrogen) atoms. The van der Waals surface area contributed by atoms with Gasteiger partial charge in [0, 0.05) is 38.2 Å². The summed E-state index contributed by atoms with van der Waals surface area (Å²) < 4.78 is 9.99. The molecule has 1 fully saturated rings. The van der Waals surface area contributed by atoms with Gasteiger partial charge in [-0.2, -0.15) is 4.37 Å². The van der Waals surface area contributed by atoms with Crippen LogP contribution in [0.25, 0.3) is 11.1 Å². The first-order chi connectivity index (χ1) is 9.75. The van der Waals surface area contributed by atoms with Gasteiger partial charge in [0.05, 0.1) is 11.7 Å². The molecule has 1 unspecified atom stereocenters. The smallest absolute Gasteiger partial charge is 0.147 e. The summed E-state index contributed by atoms with van der Waals surface area (Å²) in [6, 6.07) is 3.92. The van der Waals surface area contributed by atoms with E-state index < -0.39 is 0 Å². The molecule has 3 heterocycles. The third-order valence-corrected chi connectivity index (χ3v) is 4.48. The summed E-state index contributed by atoms with van der Waals surface area (Å²) >= 11 is 1.43. The van der Waals surface area contributed by atoms with Gasteiger partial charge in [-0.15, -0.1) is 0 Å². The first-order valence-electron chi connectivity index (χ1n) is 6.74. The maximum Gasteiger partial charge on any atom is 0.147 e. The minimum atomic E-state index is 0.310. The highest BCUT2D eigenvalue weighted by molar-refractivity contribution is 7.11. The fourth-order valence-corrected chi connectivity index (χ4v) is 3.32. The molecule has 1 saturated heterocycles. The topological polar surface area (TPSA) is 64.3 Å². The lowest BCUT2D eigenvalue weighted by Gasteiger charge is -2.22. The number of hydrogen-bond donors (Lipinski definition) is 1. The van der Waals surface area contributed by atoms with Gasteiger partial charge in [-0.05, 0) is 30.4 Å². The monoisotopic (exact) mass is 290 g/mol. The standard InChI is InChI=1S/C14H18N4OS/c1-18(9-11-5-3-7-19-11)14-12(13(15)17-20-14)10-4-2-6-16-8-10/h2,4,6,8,11H,3,5,7,9H2,1H3,(H2,15,17). The highest BCUT2D eigenvalue weighted by Crippen LogP contribution is 2.38. The fourth-order valence-electron chi connectivity index (χ4n) is 2.51. The molecule has 0 spiro atoms. The molecule has 5 nitrogen and oxygen atoms in total. The van der Waals surface area contributed by atoms with Crippen molar-refractivity contribution in [1.29, 1.82) is 0 Å². The largest absolute Gasteiger partial charge is 0.382 e. The molecule has 3 rings (SSSR count). The lowest BCUT2D eigenvalue weighted by Crippen LogP contribution is -2.28. The zero-order valence-corrected chi connectivity index (χ0v) is 12.3. The van der Waals surface area contributed by atoms with E-state index in [4.69, 9.17) is 10.5 Å². The van der Waals surface area contributed by atoms with Gasteiger partial charge in [0.1, 0.15) is 10.8 Å². The number of pyridine rings is 1. The van der Waals surface area contributed by atoms with Crippen molar-refractivity contribution in [3.63, 3.8) is 0 Å². The van der Waals surface area contributed by atoms with Crippen LogP contribution in [-0.2, 0) is 4.74 Å². The van der Waals surface area contributed by atoms with Crippen molar-refractivity contribution >= 4 is 22.4 Å². The van der Waals surface area contributed by atoms with Crippen LogP contribution in [0.5, 0.6) is 0 Å². The van der Waals surface area contributed by atoms with E-state index >= 15 is 0 Å². The highest BCUT2D eigenvalue weighted by atomic mass is 32.1. The molecule has 1 atom stereocenters. The van der Waals surface area contributed by atoms with Crippen LogP contribution in [0, 0.1) is 0 Å². The predicted octanol–water partition coefficient (Wildman–Crippen LogP) is 2.40. The molecule has 6 heteroatoms. The van der Waals surface area contributed by atoms with Crippen molar-refractivity contribution in [2.24, 2.45) is 0 Å². The molecule has 0 bridgehead atoms. The summed E-state index contributed by atoms with van der Waals surface area (Å²) in [5, 5.41) is 1.08. The Bertz CT molecular complexity index is 566. The summed E-state index contributed by atoms with van der Waals surface area (Å²) in [4.78, 5) is 6.35. The Balaban J connectivity index is 1.86. The summed E-state index contributed by atoms with van der Waals surface area (Å²) in [5.41, 5.74) is 8.02. The number of anilines is 2. The molecule has 106 valence electrons. The van der Waals surface area contributed by atoms with Crippen LogP contribution >= 0.6 is 11.5 Å². The second kappa shape index (κ2) is 5.76. The first kappa shape index (κ1) is 13.3. The lowest BCUT2D eigenvalue weighted by molar-refractivity contribution is 0.116. The van der Waals surface area contributed by atoms with Crippen molar-refractivity contribution < 1.29 is 4.74 Å². The Labute approximate surface area is 122 Å². The van der Waals surface area contributed by atoms with Crippen molar-refractivity contribution in [3.05, 3.63) is 24.5 Å². The molecule has 2 N–H and O–H groups in total. The average molecular weight is 290 g/mol. The number of nitrogens with two attached hydrogens (primary N) is 1. The Morgan fingerprint density at radius 2 is 2.45 bits per heavy atom. The van der Waals surface area contributed by atoms with Gasteiger partial charge in [0.25, 0.3) is 0 Å². The van der Waals surface area contributed by atoms with Gasteiger partial charge < -0.3 is 15.4 Å². The van der Waals surface area contributed by atoms with Crippen LogP contribution in [0.4, 0.5) is 10.8 Å². The van der Waals surface area contributed by atoms with Crippen molar-refractivity contribution in [2.75, 3.05) is 30.8 Å².